The normalized spacial score (nSPS) is 11.3. The van der Waals surface area contributed by atoms with E-state index in [1.807, 2.05) is 49.4 Å². The predicted molar refractivity (Wildman–Crippen MR) is 107 cm³/mol. The Morgan fingerprint density at radius 3 is 2.65 bits per heavy atom. The zero-order valence-electron chi connectivity index (χ0n) is 14.3. The lowest BCUT2D eigenvalue weighted by Crippen LogP contribution is -2.22. The van der Waals surface area contributed by atoms with E-state index in [2.05, 4.69) is 32.4 Å². The van der Waals surface area contributed by atoms with Gasteiger partial charge >= 0.3 is 0 Å². The maximum Gasteiger partial charge on any atom is 0.252 e. The summed E-state index contributed by atoms with van der Waals surface area (Å²) < 4.78 is 0. The molecule has 2 aromatic carbocycles. The molecule has 0 saturated heterocycles. The van der Waals surface area contributed by atoms with Crippen molar-refractivity contribution in [3.63, 3.8) is 0 Å². The van der Waals surface area contributed by atoms with Gasteiger partial charge < -0.3 is 11.1 Å². The van der Waals surface area contributed by atoms with Gasteiger partial charge in [0.1, 0.15) is 0 Å². The van der Waals surface area contributed by atoms with Crippen molar-refractivity contribution >= 4 is 29.4 Å². The van der Waals surface area contributed by atoms with Crippen LogP contribution in [0.4, 0.5) is 11.6 Å². The summed E-state index contributed by atoms with van der Waals surface area (Å²) in [6, 6.07) is 19.1. The molecule has 4 N–H and O–H groups in total. The largest absolute Gasteiger partial charge is 0.369 e. The zero-order valence-corrected chi connectivity index (χ0v) is 15.1. The van der Waals surface area contributed by atoms with Gasteiger partial charge in [-0.2, -0.15) is 4.99 Å². The van der Waals surface area contributed by atoms with Gasteiger partial charge in [0, 0.05) is 22.4 Å². The molecule has 0 fully saturated rings. The molecule has 6 nitrogen and oxygen atoms in total. The first-order valence-corrected chi connectivity index (χ1v) is 9.03. The molecule has 0 atom stereocenters. The molecule has 0 aliphatic heterocycles. The van der Waals surface area contributed by atoms with Crippen LogP contribution < -0.4 is 16.6 Å². The third-order valence-corrected chi connectivity index (χ3v) is 4.51. The highest BCUT2D eigenvalue weighted by Crippen LogP contribution is 2.22. The van der Waals surface area contributed by atoms with E-state index in [0.29, 0.717) is 11.4 Å². The van der Waals surface area contributed by atoms with E-state index in [-0.39, 0.29) is 17.5 Å². The molecule has 0 aliphatic rings. The predicted octanol–water partition coefficient (Wildman–Crippen LogP) is 3.43. The van der Waals surface area contributed by atoms with Gasteiger partial charge in [0.25, 0.3) is 5.56 Å². The van der Waals surface area contributed by atoms with Gasteiger partial charge in [-0.3, -0.25) is 9.78 Å². The highest BCUT2D eigenvalue weighted by atomic mass is 32.2. The van der Waals surface area contributed by atoms with E-state index in [0.717, 1.165) is 10.6 Å². The second-order valence-corrected chi connectivity index (χ2v) is 6.70. The quantitative estimate of drug-likeness (QED) is 0.366. The number of thioether (sulfide) groups is 1. The van der Waals surface area contributed by atoms with E-state index in [1.165, 1.54) is 11.6 Å². The number of hydrogen-bond acceptors (Lipinski definition) is 4. The number of H-pyrrole nitrogens is 1. The summed E-state index contributed by atoms with van der Waals surface area (Å²) in [6.45, 7) is 2.05. The lowest BCUT2D eigenvalue weighted by molar-refractivity contribution is 1.04. The average Bonchev–Trinajstić information content (AvgIpc) is 2.61. The third kappa shape index (κ3) is 5.22. The van der Waals surface area contributed by atoms with Gasteiger partial charge in [-0.25, -0.2) is 4.98 Å². The number of para-hydroxylation sites is 1. The van der Waals surface area contributed by atoms with Gasteiger partial charge in [-0.15, -0.1) is 11.8 Å². The first-order valence-electron chi connectivity index (χ1n) is 8.04. The Hall–Kier alpha value is -3.06. The van der Waals surface area contributed by atoms with Crippen LogP contribution in [-0.2, 0) is 5.75 Å². The molecule has 0 radical (unpaired) electrons. The number of rotatable bonds is 5. The fourth-order valence-corrected chi connectivity index (χ4v) is 3.01. The number of aromatic amines is 1. The first kappa shape index (κ1) is 17.8. The summed E-state index contributed by atoms with van der Waals surface area (Å²) in [7, 11) is 0. The monoisotopic (exact) mass is 365 g/mol. The topological polar surface area (TPSA) is 96.2 Å². The minimum atomic E-state index is -0.259. The van der Waals surface area contributed by atoms with Crippen molar-refractivity contribution in [1.82, 2.24) is 9.97 Å². The van der Waals surface area contributed by atoms with Crippen molar-refractivity contribution in [3.05, 3.63) is 82.3 Å². The number of nitrogens with two attached hydrogens (primary N) is 1. The number of nitrogens with one attached hydrogen (secondary N) is 2. The highest BCUT2D eigenvalue weighted by molar-refractivity contribution is 7.98. The van der Waals surface area contributed by atoms with Gasteiger partial charge in [0.15, 0.2) is 0 Å². The van der Waals surface area contributed by atoms with Crippen LogP contribution in [0, 0.1) is 6.92 Å². The summed E-state index contributed by atoms with van der Waals surface area (Å²) in [6.07, 6.45) is 0. The zero-order chi connectivity index (χ0) is 18.4. The second kappa shape index (κ2) is 8.35. The van der Waals surface area contributed by atoms with Crippen molar-refractivity contribution in [3.8, 4) is 0 Å². The number of aromatic nitrogens is 2. The SMILES string of the molecule is Cc1ccc(SCc2cc(=O)[nH]c(N=C(N)Nc3ccccc3)n2)cc1. The first-order chi connectivity index (χ1) is 12.6. The van der Waals surface area contributed by atoms with E-state index < -0.39 is 0 Å². The molecule has 0 spiro atoms. The third-order valence-electron chi connectivity index (χ3n) is 3.46. The summed E-state index contributed by atoms with van der Waals surface area (Å²) in [4.78, 5) is 24.1. The molecule has 0 saturated carbocycles. The molecule has 26 heavy (non-hydrogen) atoms. The Morgan fingerprint density at radius 2 is 1.92 bits per heavy atom. The van der Waals surface area contributed by atoms with Crippen molar-refractivity contribution < 1.29 is 0 Å². The maximum atomic E-state index is 11.9. The van der Waals surface area contributed by atoms with Gasteiger partial charge in [-0.1, -0.05) is 35.9 Å². The molecule has 3 aromatic rings. The number of guanidine groups is 1. The standard InChI is InChI=1S/C19H19N5OS/c1-13-7-9-16(10-8-13)26-12-15-11-17(25)23-19(22-15)24-18(20)21-14-5-3-2-4-6-14/h2-11H,12H2,1H3,(H4,20,21,22,23,24,25). The number of hydrogen-bond donors (Lipinski definition) is 3. The van der Waals surface area contributed by atoms with Crippen LogP contribution in [0.3, 0.4) is 0 Å². The average molecular weight is 365 g/mol. The van der Waals surface area contributed by atoms with Crippen molar-refractivity contribution in [2.75, 3.05) is 5.32 Å². The van der Waals surface area contributed by atoms with Crippen LogP contribution in [0.25, 0.3) is 0 Å². The fraction of sp³-hybridized carbons (Fsp3) is 0.105. The molecule has 1 aromatic heterocycles. The minimum Gasteiger partial charge on any atom is -0.369 e. The molecule has 3 rings (SSSR count). The lowest BCUT2D eigenvalue weighted by atomic mass is 10.2. The van der Waals surface area contributed by atoms with Crippen LogP contribution in [0.2, 0.25) is 0 Å². The fourth-order valence-electron chi connectivity index (χ4n) is 2.22. The molecule has 0 amide bonds. The van der Waals surface area contributed by atoms with Crippen LogP contribution in [0.5, 0.6) is 0 Å². The highest BCUT2D eigenvalue weighted by Gasteiger charge is 2.04. The molecule has 132 valence electrons. The summed E-state index contributed by atoms with van der Waals surface area (Å²) in [5, 5.41) is 2.95. The molecular formula is C19H19N5OS. The Bertz CT molecular complexity index is 952. The number of nitrogens with zero attached hydrogens (tertiary/aromatic N) is 2. The van der Waals surface area contributed by atoms with Crippen LogP contribution in [0.1, 0.15) is 11.3 Å². The van der Waals surface area contributed by atoms with Crippen molar-refractivity contribution in [1.29, 1.82) is 0 Å². The second-order valence-electron chi connectivity index (χ2n) is 5.65. The number of anilines is 1. The Balaban J connectivity index is 1.71. The minimum absolute atomic E-state index is 0.155. The lowest BCUT2D eigenvalue weighted by Gasteiger charge is -2.05. The maximum absolute atomic E-state index is 11.9. The summed E-state index contributed by atoms with van der Waals surface area (Å²) >= 11 is 1.61. The molecular weight excluding hydrogens is 346 g/mol. The number of aryl methyl sites for hydroxylation is 1. The molecule has 0 aliphatic carbocycles. The number of aliphatic imine (C=N–C) groups is 1. The van der Waals surface area contributed by atoms with E-state index in [9.17, 15) is 4.79 Å². The Labute approximate surface area is 155 Å². The summed E-state index contributed by atoms with van der Waals surface area (Å²) in [5.41, 5.74) is 8.29. The summed E-state index contributed by atoms with van der Waals surface area (Å²) in [5.74, 6) is 0.905. The Morgan fingerprint density at radius 1 is 1.19 bits per heavy atom. The van der Waals surface area contributed by atoms with Crippen LogP contribution >= 0.6 is 11.8 Å². The van der Waals surface area contributed by atoms with Crippen molar-refractivity contribution in [2.24, 2.45) is 10.7 Å². The molecule has 0 bridgehead atoms. The van der Waals surface area contributed by atoms with Crippen LogP contribution in [-0.4, -0.2) is 15.9 Å². The van der Waals surface area contributed by atoms with E-state index in [1.54, 1.807) is 11.8 Å². The van der Waals surface area contributed by atoms with Crippen LogP contribution in [0.15, 0.2) is 75.3 Å². The molecule has 1 heterocycles. The van der Waals surface area contributed by atoms with E-state index >= 15 is 0 Å². The van der Waals surface area contributed by atoms with E-state index in [4.69, 9.17) is 5.73 Å². The number of benzene rings is 2. The van der Waals surface area contributed by atoms with Gasteiger partial charge in [0.2, 0.25) is 11.9 Å². The smallest absolute Gasteiger partial charge is 0.252 e. The van der Waals surface area contributed by atoms with Gasteiger partial charge in [0.05, 0.1) is 5.69 Å². The molecule has 0 unspecified atom stereocenters. The Kier molecular flexibility index (Phi) is 5.70. The van der Waals surface area contributed by atoms with Crippen molar-refractivity contribution in [2.45, 2.75) is 17.6 Å². The van der Waals surface area contributed by atoms with Gasteiger partial charge in [-0.05, 0) is 31.2 Å². The molecule has 7 heteroatoms.